The SMILES string of the molecule is CC(C)c1cc(C(F)(F)F)cc(C(C)C)c1-n1c(-c2[c-]ccc3c2oc2cc(-c4ccccc4)ccc23)nc2ccccc21.Cc1ccc2c(n1)oc1c(-c3ccc([Si](C)(C)C)cn3)[c-]ccc12.[Ir]. The van der Waals surface area contributed by atoms with Crippen molar-refractivity contribution in [2.75, 3.05) is 0 Å². The van der Waals surface area contributed by atoms with Crippen LogP contribution in [0.25, 0.3) is 94.5 Å². The molecule has 0 atom stereocenters. The Bertz CT molecular complexity index is 3650. The molecule has 0 unspecified atom stereocenters. The normalized spacial score (nSPS) is 12.1. The first-order chi connectivity index (χ1) is 32.5. The first-order valence-electron chi connectivity index (χ1n) is 22.9. The molecule has 0 fully saturated rings. The van der Waals surface area contributed by atoms with Gasteiger partial charge in [0.2, 0.25) is 5.71 Å². The third kappa shape index (κ3) is 8.84. The van der Waals surface area contributed by atoms with E-state index in [9.17, 15) is 13.2 Å². The van der Waals surface area contributed by atoms with Crippen LogP contribution in [-0.4, -0.2) is 27.6 Å². The fourth-order valence-corrected chi connectivity index (χ4v) is 10.0. The van der Waals surface area contributed by atoms with Gasteiger partial charge in [0.25, 0.3) is 0 Å². The number of rotatable bonds is 7. The Morgan fingerprint density at radius 1 is 0.638 bits per heavy atom. The molecule has 11 rings (SSSR count). The molecule has 0 aliphatic rings. The zero-order chi connectivity index (χ0) is 47.6. The molecule has 11 heteroatoms. The molecule has 0 bridgehead atoms. The third-order valence-electron chi connectivity index (χ3n) is 12.6. The monoisotopic (exact) mass is 1110 g/mol. The minimum atomic E-state index is -4.46. The molecule has 0 saturated carbocycles. The average Bonchev–Trinajstić information content (AvgIpc) is 4.02. The van der Waals surface area contributed by atoms with Crippen molar-refractivity contribution in [1.29, 1.82) is 0 Å². The van der Waals surface area contributed by atoms with E-state index in [0.717, 1.165) is 77.5 Å². The summed E-state index contributed by atoms with van der Waals surface area (Å²) >= 11 is 0. The van der Waals surface area contributed by atoms with Gasteiger partial charge in [0, 0.05) is 48.5 Å². The van der Waals surface area contributed by atoms with Crippen molar-refractivity contribution < 1.29 is 42.1 Å². The molecule has 0 N–H and O–H groups in total. The number of nitrogens with zero attached hydrogens (tertiary/aromatic N) is 4. The van der Waals surface area contributed by atoms with E-state index < -0.39 is 19.8 Å². The molecule has 0 aliphatic heterocycles. The topological polar surface area (TPSA) is 69.9 Å². The molecular formula is C58H49F3IrN4O2Si-2. The van der Waals surface area contributed by atoms with E-state index in [1.807, 2.05) is 124 Å². The number of alkyl halides is 3. The minimum Gasteiger partial charge on any atom is -0.501 e. The standard InChI is InChI=1S/C38H30F3N2O.C20H19N2OSi.Ir/c1-22(2)30-20-26(38(39,40)41)21-31(23(3)4)35(30)43-33-16-9-8-15-32(33)42-37(43)29-14-10-13-28-27-18-17-25(19-34(27)44-36(28)29)24-11-6-5-7-12-24;1-13-8-10-16-15-6-5-7-17(19(15)23-20(16)22-13)18-11-9-14(12-21-18)24(2,3)4;/h5-13,15-23H,1-4H3;5-6,8-12H,1-4H3;/q2*-1;. The number of furan rings is 2. The number of para-hydroxylation sites is 2. The van der Waals surface area contributed by atoms with Crippen molar-refractivity contribution in [3.8, 4) is 39.5 Å². The van der Waals surface area contributed by atoms with Crippen molar-refractivity contribution in [2.24, 2.45) is 0 Å². The van der Waals surface area contributed by atoms with Crippen molar-refractivity contribution in [3.63, 3.8) is 0 Å². The minimum absolute atomic E-state index is 0. The maximum absolute atomic E-state index is 14.1. The molecule has 6 aromatic carbocycles. The Kier molecular flexibility index (Phi) is 12.6. The van der Waals surface area contributed by atoms with E-state index in [2.05, 4.69) is 84.2 Å². The van der Waals surface area contributed by atoms with Gasteiger partial charge in [-0.1, -0.05) is 136 Å². The zero-order valence-electron chi connectivity index (χ0n) is 39.5. The molecule has 69 heavy (non-hydrogen) atoms. The van der Waals surface area contributed by atoms with Gasteiger partial charge >= 0.3 is 6.18 Å². The third-order valence-corrected chi connectivity index (χ3v) is 14.6. The fourth-order valence-electron chi connectivity index (χ4n) is 9.01. The Morgan fingerprint density at radius 3 is 1.93 bits per heavy atom. The zero-order valence-corrected chi connectivity index (χ0v) is 42.9. The molecule has 5 heterocycles. The summed E-state index contributed by atoms with van der Waals surface area (Å²) in [6, 6.07) is 49.5. The number of aromatic nitrogens is 4. The summed E-state index contributed by atoms with van der Waals surface area (Å²) in [7, 11) is -1.35. The molecule has 0 aliphatic carbocycles. The Balaban J connectivity index is 0.000000200. The van der Waals surface area contributed by atoms with Gasteiger partial charge in [-0.25, -0.2) is 4.98 Å². The van der Waals surface area contributed by atoms with Crippen LogP contribution >= 0.6 is 0 Å². The number of benzene rings is 6. The average molecular weight is 1110 g/mol. The Hall–Kier alpha value is -6.65. The predicted octanol–water partition coefficient (Wildman–Crippen LogP) is 16.0. The second-order valence-electron chi connectivity index (χ2n) is 19.0. The molecule has 11 aromatic rings. The summed E-state index contributed by atoms with van der Waals surface area (Å²) in [5.74, 6) is 0.213. The van der Waals surface area contributed by atoms with E-state index in [4.69, 9.17) is 13.8 Å². The molecule has 6 nitrogen and oxygen atoms in total. The van der Waals surface area contributed by atoms with Crippen LogP contribution in [0.5, 0.6) is 0 Å². The molecule has 0 amide bonds. The van der Waals surface area contributed by atoms with Gasteiger partial charge in [0.05, 0.1) is 41.7 Å². The summed E-state index contributed by atoms with van der Waals surface area (Å²) in [6.45, 7) is 16.7. The van der Waals surface area contributed by atoms with Crippen molar-refractivity contribution in [3.05, 3.63) is 174 Å². The summed E-state index contributed by atoms with van der Waals surface area (Å²) in [6.07, 6.45) is -2.46. The maximum Gasteiger partial charge on any atom is 0.416 e. The fraction of sp³-hybridized carbons (Fsp3) is 0.190. The van der Waals surface area contributed by atoms with Gasteiger partial charge in [0.15, 0.2) is 0 Å². The molecule has 1 radical (unpaired) electrons. The quantitative estimate of drug-likeness (QED) is 0.117. The summed E-state index contributed by atoms with van der Waals surface area (Å²) in [5, 5.41) is 5.33. The molecular weight excluding hydrogens is 1060 g/mol. The number of pyridine rings is 2. The van der Waals surface area contributed by atoms with Crippen LogP contribution in [0.15, 0.2) is 148 Å². The van der Waals surface area contributed by atoms with Crippen LogP contribution in [0.3, 0.4) is 0 Å². The number of hydrogen-bond acceptors (Lipinski definition) is 5. The predicted molar refractivity (Wildman–Crippen MR) is 273 cm³/mol. The van der Waals surface area contributed by atoms with Gasteiger partial charge in [-0.2, -0.15) is 13.2 Å². The van der Waals surface area contributed by atoms with E-state index in [1.165, 1.54) is 17.3 Å². The second-order valence-corrected chi connectivity index (χ2v) is 24.1. The van der Waals surface area contributed by atoms with Crippen LogP contribution in [-0.2, 0) is 26.3 Å². The van der Waals surface area contributed by atoms with Crippen LogP contribution in [0, 0.1) is 19.1 Å². The molecule has 0 spiro atoms. The largest absolute Gasteiger partial charge is 0.501 e. The summed E-state index contributed by atoms with van der Waals surface area (Å²) in [5.41, 5.74) is 11.2. The van der Waals surface area contributed by atoms with Crippen molar-refractivity contribution in [1.82, 2.24) is 19.5 Å². The van der Waals surface area contributed by atoms with Crippen LogP contribution in [0.4, 0.5) is 13.2 Å². The Labute approximate surface area is 413 Å². The van der Waals surface area contributed by atoms with Gasteiger partial charge in [0.1, 0.15) is 5.58 Å². The Morgan fingerprint density at radius 2 is 1.28 bits per heavy atom. The number of hydrogen-bond donors (Lipinski definition) is 0. The second kappa shape index (κ2) is 18.3. The first kappa shape index (κ1) is 47.4. The molecule has 0 saturated heterocycles. The first-order valence-corrected chi connectivity index (χ1v) is 26.4. The van der Waals surface area contributed by atoms with Crippen molar-refractivity contribution >= 4 is 68.3 Å². The van der Waals surface area contributed by atoms with Crippen LogP contribution < -0.4 is 5.19 Å². The summed E-state index contributed by atoms with van der Waals surface area (Å²) in [4.78, 5) is 14.2. The number of halogens is 3. The van der Waals surface area contributed by atoms with Gasteiger partial charge in [-0.3, -0.25) is 4.98 Å². The van der Waals surface area contributed by atoms with Crippen LogP contribution in [0.1, 0.15) is 61.9 Å². The number of aryl methyl sites for hydroxylation is 1. The van der Waals surface area contributed by atoms with E-state index >= 15 is 0 Å². The number of imidazole rings is 1. The van der Waals surface area contributed by atoms with E-state index in [-0.39, 0.29) is 31.9 Å². The molecule has 349 valence electrons. The molecule has 5 aromatic heterocycles. The van der Waals surface area contributed by atoms with E-state index in [1.54, 1.807) is 0 Å². The number of fused-ring (bicyclic) bond motifs is 7. The smallest absolute Gasteiger partial charge is 0.416 e. The van der Waals surface area contributed by atoms with E-state index in [0.29, 0.717) is 33.8 Å². The summed E-state index contributed by atoms with van der Waals surface area (Å²) < 4.78 is 57.0. The van der Waals surface area contributed by atoms with Gasteiger partial charge in [-0.05, 0) is 94.4 Å². The van der Waals surface area contributed by atoms with Crippen LogP contribution in [0.2, 0.25) is 19.6 Å². The van der Waals surface area contributed by atoms with Crippen molar-refractivity contribution in [2.45, 2.75) is 72.3 Å². The van der Waals surface area contributed by atoms with Gasteiger partial charge < -0.3 is 18.4 Å². The van der Waals surface area contributed by atoms with Gasteiger partial charge in [-0.15, -0.1) is 36.4 Å². The maximum atomic E-state index is 14.1.